The number of halogens is 1. The van der Waals surface area contributed by atoms with Gasteiger partial charge in [-0.1, -0.05) is 30.3 Å². The van der Waals surface area contributed by atoms with Crippen molar-refractivity contribution < 1.29 is 9.53 Å². The van der Waals surface area contributed by atoms with Crippen molar-refractivity contribution in [2.45, 2.75) is 19.4 Å². The van der Waals surface area contributed by atoms with Crippen LogP contribution in [-0.2, 0) is 9.53 Å². The van der Waals surface area contributed by atoms with E-state index in [9.17, 15) is 4.79 Å². The quantitative estimate of drug-likeness (QED) is 0.567. The number of ether oxygens (including phenoxy) is 1. The van der Waals surface area contributed by atoms with Gasteiger partial charge in [0.1, 0.15) is 6.10 Å². The van der Waals surface area contributed by atoms with Crippen molar-refractivity contribution in [3.05, 3.63) is 35.9 Å². The van der Waals surface area contributed by atoms with Crippen molar-refractivity contribution in [1.82, 2.24) is 0 Å². The van der Waals surface area contributed by atoms with Crippen LogP contribution in [0.15, 0.2) is 30.3 Å². The summed E-state index contributed by atoms with van der Waals surface area (Å²) in [5.74, 6) is 0.205. The maximum absolute atomic E-state index is 10.8. The van der Waals surface area contributed by atoms with Crippen LogP contribution in [0.4, 0.5) is 0 Å². The van der Waals surface area contributed by atoms with Gasteiger partial charge in [0.05, 0.1) is 0 Å². The van der Waals surface area contributed by atoms with Crippen molar-refractivity contribution >= 4 is 17.6 Å². The molecule has 3 heteroatoms. The Morgan fingerprint density at radius 3 is 2.57 bits per heavy atom. The molecule has 0 N–H and O–H groups in total. The van der Waals surface area contributed by atoms with Crippen LogP contribution in [0, 0.1) is 0 Å². The molecule has 0 bridgehead atoms. The Kier molecular flexibility index (Phi) is 4.47. The molecule has 0 aliphatic rings. The molecule has 0 aliphatic carbocycles. The molecule has 0 saturated heterocycles. The second-order valence-electron chi connectivity index (χ2n) is 2.99. The first-order valence-electron chi connectivity index (χ1n) is 4.52. The van der Waals surface area contributed by atoms with Gasteiger partial charge in [-0.2, -0.15) is 0 Å². The monoisotopic (exact) mass is 212 g/mol. The predicted octanol–water partition coefficient (Wildman–Crippen LogP) is 2.92. The Balaban J connectivity index is 2.72. The first-order valence-corrected chi connectivity index (χ1v) is 5.05. The minimum Gasteiger partial charge on any atom is -0.458 e. The minimum atomic E-state index is -0.274. The maximum atomic E-state index is 10.8. The van der Waals surface area contributed by atoms with E-state index in [4.69, 9.17) is 16.3 Å². The number of hydrogen-bond donors (Lipinski definition) is 0. The van der Waals surface area contributed by atoms with Crippen LogP contribution < -0.4 is 0 Å². The van der Waals surface area contributed by atoms with Crippen LogP contribution in [-0.4, -0.2) is 11.8 Å². The van der Waals surface area contributed by atoms with Gasteiger partial charge in [-0.15, -0.1) is 11.6 Å². The number of carbonyl (C=O) groups excluding carboxylic acids is 1. The zero-order chi connectivity index (χ0) is 10.4. The Morgan fingerprint density at radius 2 is 2.07 bits per heavy atom. The van der Waals surface area contributed by atoms with E-state index in [1.165, 1.54) is 6.92 Å². The van der Waals surface area contributed by atoms with Gasteiger partial charge in [0.2, 0.25) is 0 Å². The molecule has 1 atom stereocenters. The number of alkyl halides is 1. The Bertz CT molecular complexity index is 285. The molecule has 0 amide bonds. The Morgan fingerprint density at radius 1 is 1.43 bits per heavy atom. The van der Waals surface area contributed by atoms with Crippen LogP contribution in [0.5, 0.6) is 0 Å². The van der Waals surface area contributed by atoms with E-state index >= 15 is 0 Å². The summed E-state index contributed by atoms with van der Waals surface area (Å²) < 4.78 is 5.15. The van der Waals surface area contributed by atoms with Crippen LogP contribution in [0.2, 0.25) is 0 Å². The fourth-order valence-corrected chi connectivity index (χ4v) is 1.46. The van der Waals surface area contributed by atoms with Gasteiger partial charge in [-0.3, -0.25) is 4.79 Å². The molecule has 0 aromatic heterocycles. The van der Waals surface area contributed by atoms with Crippen LogP contribution in [0.25, 0.3) is 0 Å². The summed E-state index contributed by atoms with van der Waals surface area (Å²) in [6.07, 6.45) is 0.428. The van der Waals surface area contributed by atoms with E-state index < -0.39 is 0 Å². The maximum Gasteiger partial charge on any atom is 0.303 e. The average Bonchev–Trinajstić information content (AvgIpc) is 2.18. The van der Waals surface area contributed by atoms with E-state index in [1.807, 2.05) is 30.3 Å². The van der Waals surface area contributed by atoms with Crippen molar-refractivity contribution in [1.29, 1.82) is 0 Å². The molecule has 76 valence electrons. The highest BCUT2D eigenvalue weighted by molar-refractivity contribution is 6.17. The van der Waals surface area contributed by atoms with Crippen molar-refractivity contribution in [2.24, 2.45) is 0 Å². The summed E-state index contributed by atoms with van der Waals surface area (Å²) in [6, 6.07) is 9.62. The van der Waals surface area contributed by atoms with Gasteiger partial charge in [0.25, 0.3) is 0 Å². The van der Waals surface area contributed by atoms with Crippen LogP contribution in [0.3, 0.4) is 0 Å². The first-order chi connectivity index (χ1) is 6.74. The van der Waals surface area contributed by atoms with Gasteiger partial charge < -0.3 is 4.74 Å². The number of esters is 1. The summed E-state index contributed by atoms with van der Waals surface area (Å²) in [4.78, 5) is 10.8. The largest absolute Gasteiger partial charge is 0.458 e. The molecule has 0 spiro atoms. The van der Waals surface area contributed by atoms with Crippen LogP contribution in [0.1, 0.15) is 25.0 Å². The van der Waals surface area contributed by atoms with E-state index in [1.54, 1.807) is 0 Å². The normalized spacial score (nSPS) is 12.1. The van der Waals surface area contributed by atoms with E-state index in [0.29, 0.717) is 12.3 Å². The molecule has 0 saturated carbocycles. The molecule has 1 aromatic rings. The van der Waals surface area contributed by atoms with Gasteiger partial charge in [0.15, 0.2) is 0 Å². The fourth-order valence-electron chi connectivity index (χ4n) is 1.26. The highest BCUT2D eigenvalue weighted by Gasteiger charge is 2.12. The zero-order valence-electron chi connectivity index (χ0n) is 8.07. The third-order valence-corrected chi connectivity index (χ3v) is 2.07. The fraction of sp³-hybridized carbons (Fsp3) is 0.364. The topological polar surface area (TPSA) is 26.3 Å². The first kappa shape index (κ1) is 11.1. The molecule has 0 aliphatic heterocycles. The minimum absolute atomic E-state index is 0.216. The third-order valence-electron chi connectivity index (χ3n) is 1.85. The second-order valence-corrected chi connectivity index (χ2v) is 3.36. The van der Waals surface area contributed by atoms with Gasteiger partial charge in [0, 0.05) is 19.2 Å². The Labute approximate surface area is 88.8 Å². The standard InChI is InChI=1S/C11H13ClO2/c1-9(13)14-11(7-8-12)10-5-3-2-4-6-10/h2-6,11H,7-8H2,1H3/t11-/m0/s1. The lowest BCUT2D eigenvalue weighted by molar-refractivity contribution is -0.146. The summed E-state index contributed by atoms with van der Waals surface area (Å²) in [5.41, 5.74) is 0.989. The number of carbonyl (C=O) groups is 1. The zero-order valence-corrected chi connectivity index (χ0v) is 8.83. The molecule has 1 aromatic carbocycles. The smallest absolute Gasteiger partial charge is 0.303 e. The molecular formula is C11H13ClO2. The number of benzene rings is 1. The van der Waals surface area contributed by atoms with Crippen LogP contribution >= 0.6 is 11.6 Å². The lowest BCUT2D eigenvalue weighted by atomic mass is 10.1. The molecule has 0 radical (unpaired) electrons. The number of hydrogen-bond acceptors (Lipinski definition) is 2. The van der Waals surface area contributed by atoms with E-state index in [2.05, 4.69) is 0 Å². The summed E-state index contributed by atoms with van der Waals surface area (Å²) >= 11 is 5.64. The summed E-state index contributed by atoms with van der Waals surface area (Å²) in [6.45, 7) is 1.41. The van der Waals surface area contributed by atoms with Gasteiger partial charge in [-0.05, 0) is 5.56 Å². The molecule has 0 unspecified atom stereocenters. The van der Waals surface area contributed by atoms with E-state index in [-0.39, 0.29) is 12.1 Å². The van der Waals surface area contributed by atoms with Crippen molar-refractivity contribution in [3.63, 3.8) is 0 Å². The van der Waals surface area contributed by atoms with Gasteiger partial charge >= 0.3 is 5.97 Å². The molecular weight excluding hydrogens is 200 g/mol. The van der Waals surface area contributed by atoms with E-state index in [0.717, 1.165) is 5.56 Å². The molecule has 14 heavy (non-hydrogen) atoms. The number of rotatable bonds is 4. The molecule has 0 heterocycles. The highest BCUT2D eigenvalue weighted by atomic mass is 35.5. The van der Waals surface area contributed by atoms with Crippen molar-refractivity contribution in [3.8, 4) is 0 Å². The lowest BCUT2D eigenvalue weighted by Crippen LogP contribution is -2.08. The second kappa shape index (κ2) is 5.66. The van der Waals surface area contributed by atoms with Gasteiger partial charge in [-0.25, -0.2) is 0 Å². The average molecular weight is 213 g/mol. The summed E-state index contributed by atoms with van der Waals surface area (Å²) in [7, 11) is 0. The Hall–Kier alpha value is -1.02. The molecule has 0 fully saturated rings. The summed E-state index contributed by atoms with van der Waals surface area (Å²) in [5, 5.41) is 0. The van der Waals surface area contributed by atoms with Crippen molar-refractivity contribution in [2.75, 3.05) is 5.88 Å². The predicted molar refractivity (Wildman–Crippen MR) is 56.3 cm³/mol. The molecule has 2 nitrogen and oxygen atoms in total. The molecule has 1 rings (SSSR count). The third kappa shape index (κ3) is 3.38. The lowest BCUT2D eigenvalue weighted by Gasteiger charge is -2.15. The highest BCUT2D eigenvalue weighted by Crippen LogP contribution is 2.21. The SMILES string of the molecule is CC(=O)O[C@@H](CCCl)c1ccccc1.